The van der Waals surface area contributed by atoms with Crippen molar-refractivity contribution < 1.29 is 13.7 Å². The highest BCUT2D eigenvalue weighted by molar-refractivity contribution is 7.92. The van der Waals surface area contributed by atoms with Gasteiger partial charge in [0, 0.05) is 22.7 Å². The van der Waals surface area contributed by atoms with Crippen LogP contribution in [0.2, 0.25) is 5.02 Å². The summed E-state index contributed by atoms with van der Waals surface area (Å²) in [4.78, 5) is 0.298. The lowest BCUT2D eigenvalue weighted by molar-refractivity contribution is -0.673. The number of benzene rings is 2. The molecule has 110 valence electrons. The van der Waals surface area contributed by atoms with E-state index in [0.717, 1.165) is 25.1 Å². The number of anilines is 1. The third-order valence-corrected chi connectivity index (χ3v) is 5.20. The third kappa shape index (κ3) is 3.20. The summed E-state index contributed by atoms with van der Waals surface area (Å²) in [5.74, 6) is 0. The van der Waals surface area contributed by atoms with Crippen molar-refractivity contribution in [2.24, 2.45) is 0 Å². The number of nitrogens with one attached hydrogen (secondary N) is 1. The number of nitrogens with two attached hydrogens (primary N) is 1. The molecule has 0 saturated carbocycles. The Balaban J connectivity index is 1.89. The van der Waals surface area contributed by atoms with Crippen molar-refractivity contribution in [2.45, 2.75) is 17.9 Å². The van der Waals surface area contributed by atoms with E-state index in [0.29, 0.717) is 15.6 Å². The smallest absolute Gasteiger partial charge is 0.261 e. The number of fused-ring (bicyclic) bond motifs is 1. The molecular weight excluding hydrogens is 308 g/mol. The van der Waals surface area contributed by atoms with Crippen molar-refractivity contribution >= 4 is 27.3 Å². The first-order valence-corrected chi connectivity index (χ1v) is 8.62. The molecule has 0 aliphatic carbocycles. The topological polar surface area (TPSA) is 62.8 Å². The van der Waals surface area contributed by atoms with Crippen LogP contribution in [0.4, 0.5) is 5.69 Å². The van der Waals surface area contributed by atoms with Crippen molar-refractivity contribution in [2.75, 3.05) is 11.3 Å². The fraction of sp³-hybridized carbons (Fsp3) is 0.200. The summed E-state index contributed by atoms with van der Waals surface area (Å²) in [5.41, 5.74) is 2.84. The van der Waals surface area contributed by atoms with Crippen molar-refractivity contribution in [1.29, 1.82) is 0 Å². The van der Waals surface area contributed by atoms with E-state index < -0.39 is 10.0 Å². The Morgan fingerprint density at radius 3 is 2.57 bits per heavy atom. The average molecular weight is 324 g/mol. The maximum absolute atomic E-state index is 12.4. The second-order valence-electron chi connectivity index (χ2n) is 5.07. The van der Waals surface area contributed by atoms with Crippen LogP contribution in [-0.2, 0) is 23.0 Å². The summed E-state index contributed by atoms with van der Waals surface area (Å²) in [6, 6.07) is 11.9. The molecule has 0 fully saturated rings. The zero-order chi connectivity index (χ0) is 14.9. The van der Waals surface area contributed by atoms with Crippen LogP contribution in [0, 0.1) is 0 Å². The van der Waals surface area contributed by atoms with Gasteiger partial charge in [-0.1, -0.05) is 17.7 Å². The highest BCUT2D eigenvalue weighted by Crippen LogP contribution is 2.21. The van der Waals surface area contributed by atoms with E-state index in [1.807, 2.05) is 6.07 Å². The minimum absolute atomic E-state index is 0.298. The zero-order valence-corrected chi connectivity index (χ0v) is 12.9. The first kappa shape index (κ1) is 14.4. The Labute approximate surface area is 129 Å². The molecule has 0 radical (unpaired) electrons. The summed E-state index contributed by atoms with van der Waals surface area (Å²) in [5, 5.41) is 2.76. The molecule has 2 aromatic rings. The normalized spacial score (nSPS) is 14.5. The minimum atomic E-state index is -3.57. The van der Waals surface area contributed by atoms with Gasteiger partial charge in [-0.05, 0) is 42.0 Å². The SMILES string of the molecule is O=S(=O)(Nc1ccc(Cl)cc1)c1ccc2c(c1)C[NH2+]CC2. The lowest BCUT2D eigenvalue weighted by Crippen LogP contribution is -2.84. The van der Waals surface area contributed by atoms with Crippen LogP contribution in [0.25, 0.3) is 0 Å². The molecule has 1 heterocycles. The molecule has 1 aliphatic heterocycles. The fourth-order valence-electron chi connectivity index (χ4n) is 2.45. The molecule has 0 amide bonds. The summed E-state index contributed by atoms with van der Waals surface area (Å²) >= 11 is 5.80. The van der Waals surface area contributed by atoms with E-state index >= 15 is 0 Å². The van der Waals surface area contributed by atoms with Crippen LogP contribution >= 0.6 is 11.6 Å². The van der Waals surface area contributed by atoms with Gasteiger partial charge in [0.1, 0.15) is 6.54 Å². The number of rotatable bonds is 3. The van der Waals surface area contributed by atoms with Gasteiger partial charge in [0.2, 0.25) is 0 Å². The highest BCUT2D eigenvalue weighted by Gasteiger charge is 2.18. The predicted molar refractivity (Wildman–Crippen MR) is 82.9 cm³/mol. The maximum atomic E-state index is 12.4. The Morgan fingerprint density at radius 1 is 1.05 bits per heavy atom. The Kier molecular flexibility index (Phi) is 3.89. The third-order valence-electron chi connectivity index (χ3n) is 3.57. The average Bonchev–Trinajstić information content (AvgIpc) is 2.49. The van der Waals surface area contributed by atoms with Crippen molar-refractivity contribution in [3.05, 3.63) is 58.6 Å². The molecule has 21 heavy (non-hydrogen) atoms. The maximum Gasteiger partial charge on any atom is 0.261 e. The van der Waals surface area contributed by atoms with Crippen LogP contribution in [0.1, 0.15) is 11.1 Å². The molecule has 4 nitrogen and oxygen atoms in total. The fourth-order valence-corrected chi connectivity index (χ4v) is 3.69. The van der Waals surface area contributed by atoms with Gasteiger partial charge in [0.25, 0.3) is 10.0 Å². The molecule has 0 spiro atoms. The molecule has 0 bridgehead atoms. The lowest BCUT2D eigenvalue weighted by Gasteiger charge is -2.16. The van der Waals surface area contributed by atoms with Gasteiger partial charge in [0.15, 0.2) is 0 Å². The first-order valence-electron chi connectivity index (χ1n) is 6.76. The first-order chi connectivity index (χ1) is 10.0. The second-order valence-corrected chi connectivity index (χ2v) is 7.19. The second kappa shape index (κ2) is 5.67. The summed E-state index contributed by atoms with van der Waals surface area (Å²) < 4.78 is 27.4. The molecule has 0 aromatic heterocycles. The summed E-state index contributed by atoms with van der Waals surface area (Å²) in [6.45, 7) is 1.89. The molecule has 0 unspecified atom stereocenters. The predicted octanol–water partition coefficient (Wildman–Crippen LogP) is 1.76. The number of quaternary nitrogens is 1. The van der Waals surface area contributed by atoms with Gasteiger partial charge in [0.05, 0.1) is 11.4 Å². The summed E-state index contributed by atoms with van der Waals surface area (Å²) in [7, 11) is -3.57. The highest BCUT2D eigenvalue weighted by atomic mass is 35.5. The van der Waals surface area contributed by atoms with Crippen molar-refractivity contribution in [3.63, 3.8) is 0 Å². The molecular formula is C15H16ClN2O2S+. The van der Waals surface area contributed by atoms with Crippen molar-refractivity contribution in [1.82, 2.24) is 0 Å². The van der Waals surface area contributed by atoms with E-state index in [9.17, 15) is 8.42 Å². The largest absolute Gasteiger partial charge is 0.342 e. The van der Waals surface area contributed by atoms with Crippen LogP contribution in [0.15, 0.2) is 47.4 Å². The zero-order valence-electron chi connectivity index (χ0n) is 11.3. The van der Waals surface area contributed by atoms with Crippen LogP contribution < -0.4 is 10.0 Å². The van der Waals surface area contributed by atoms with Gasteiger partial charge in [-0.2, -0.15) is 0 Å². The van der Waals surface area contributed by atoms with Crippen LogP contribution in [-0.4, -0.2) is 15.0 Å². The van der Waals surface area contributed by atoms with Gasteiger partial charge in [-0.15, -0.1) is 0 Å². The standard InChI is InChI=1S/C15H15ClN2O2S/c16-13-2-4-14(5-3-13)18-21(19,20)15-6-1-11-7-8-17-10-12(11)9-15/h1-6,9,17-18H,7-8,10H2/p+1. The molecule has 0 saturated heterocycles. The van der Waals surface area contributed by atoms with E-state index in [2.05, 4.69) is 10.0 Å². The molecule has 0 atom stereocenters. The number of hydrogen-bond donors (Lipinski definition) is 2. The van der Waals surface area contributed by atoms with E-state index in [1.165, 1.54) is 5.56 Å². The number of hydrogen-bond acceptors (Lipinski definition) is 2. The molecule has 3 rings (SSSR count). The molecule has 3 N–H and O–H groups in total. The van der Waals surface area contributed by atoms with Crippen molar-refractivity contribution in [3.8, 4) is 0 Å². The number of sulfonamides is 1. The number of halogens is 1. The van der Waals surface area contributed by atoms with Crippen LogP contribution in [0.5, 0.6) is 0 Å². The molecule has 6 heteroatoms. The van der Waals surface area contributed by atoms with Gasteiger partial charge in [-0.25, -0.2) is 8.42 Å². The van der Waals surface area contributed by atoms with Gasteiger partial charge in [-0.3, -0.25) is 4.72 Å². The molecule has 2 aromatic carbocycles. The molecule has 1 aliphatic rings. The summed E-state index contributed by atoms with van der Waals surface area (Å²) in [6.07, 6.45) is 0.986. The van der Waals surface area contributed by atoms with Gasteiger partial charge < -0.3 is 5.32 Å². The van der Waals surface area contributed by atoms with Crippen LogP contribution in [0.3, 0.4) is 0 Å². The Hall–Kier alpha value is -1.56. The lowest BCUT2D eigenvalue weighted by atomic mass is 10.0. The minimum Gasteiger partial charge on any atom is -0.342 e. The monoisotopic (exact) mass is 323 g/mol. The van der Waals surface area contributed by atoms with E-state index in [-0.39, 0.29) is 0 Å². The van der Waals surface area contributed by atoms with Gasteiger partial charge >= 0.3 is 0 Å². The quantitative estimate of drug-likeness (QED) is 0.904. The Morgan fingerprint density at radius 2 is 1.81 bits per heavy atom. The van der Waals surface area contributed by atoms with E-state index in [4.69, 9.17) is 11.6 Å². The van der Waals surface area contributed by atoms with E-state index in [1.54, 1.807) is 36.4 Å². The Bertz CT molecular complexity index is 758.